The maximum atomic E-state index is 13.1. The number of carbonyl (C=O) groups is 2. The van der Waals surface area contributed by atoms with E-state index in [1.54, 1.807) is 0 Å². The van der Waals surface area contributed by atoms with E-state index in [2.05, 4.69) is 12.2 Å². The summed E-state index contributed by atoms with van der Waals surface area (Å²) < 4.78 is 0. The number of carbonyl (C=O) groups excluding carboxylic acids is 2. The second-order valence-electron chi connectivity index (χ2n) is 7.74. The number of hydrogen-bond acceptors (Lipinski definition) is 2. The first-order valence-electron chi connectivity index (χ1n) is 10.5. The van der Waals surface area contributed by atoms with E-state index in [1.165, 1.54) is 0 Å². The van der Waals surface area contributed by atoms with Crippen LogP contribution in [0.2, 0.25) is 0 Å². The molecule has 4 heteroatoms. The first-order chi connectivity index (χ1) is 14.6. The van der Waals surface area contributed by atoms with Crippen molar-refractivity contribution in [1.82, 2.24) is 0 Å². The first-order valence-corrected chi connectivity index (χ1v) is 10.5. The highest BCUT2D eigenvalue weighted by molar-refractivity contribution is 6.08. The van der Waals surface area contributed by atoms with Crippen LogP contribution in [0.15, 0.2) is 66.7 Å². The molecule has 0 aliphatic carbocycles. The fourth-order valence-electron chi connectivity index (χ4n) is 4.03. The Bertz CT molecular complexity index is 1100. The molecule has 2 amide bonds. The van der Waals surface area contributed by atoms with Crippen LogP contribution in [0.5, 0.6) is 0 Å². The molecule has 0 fully saturated rings. The molecular weight excluding hydrogens is 372 g/mol. The summed E-state index contributed by atoms with van der Waals surface area (Å²) in [4.78, 5) is 27.8. The van der Waals surface area contributed by atoms with Gasteiger partial charge >= 0.3 is 0 Å². The van der Waals surface area contributed by atoms with Crippen molar-refractivity contribution in [3.05, 3.63) is 94.5 Å². The number of anilines is 2. The van der Waals surface area contributed by atoms with Crippen molar-refractivity contribution in [2.24, 2.45) is 0 Å². The fourth-order valence-corrected chi connectivity index (χ4v) is 4.03. The topological polar surface area (TPSA) is 49.4 Å². The lowest BCUT2D eigenvalue weighted by molar-refractivity contribution is 0.0984. The van der Waals surface area contributed by atoms with Gasteiger partial charge in [0, 0.05) is 29.0 Å². The summed E-state index contributed by atoms with van der Waals surface area (Å²) in [6.07, 6.45) is 2.60. The molecule has 0 saturated carbocycles. The summed E-state index contributed by atoms with van der Waals surface area (Å²) in [6.45, 7) is 4.75. The Morgan fingerprint density at radius 2 is 1.80 bits per heavy atom. The van der Waals surface area contributed by atoms with Gasteiger partial charge in [0.2, 0.25) is 0 Å². The monoisotopic (exact) mass is 398 g/mol. The van der Waals surface area contributed by atoms with E-state index in [4.69, 9.17) is 0 Å². The number of para-hydroxylation sites is 1. The van der Waals surface area contributed by atoms with Crippen molar-refractivity contribution in [2.45, 2.75) is 33.1 Å². The van der Waals surface area contributed by atoms with Gasteiger partial charge in [-0.25, -0.2) is 0 Å². The molecule has 0 unspecified atom stereocenters. The van der Waals surface area contributed by atoms with Gasteiger partial charge in [0.05, 0.1) is 0 Å². The van der Waals surface area contributed by atoms with Gasteiger partial charge in [-0.15, -0.1) is 0 Å². The quantitative estimate of drug-likeness (QED) is 0.639. The molecule has 1 aliphatic rings. The smallest absolute Gasteiger partial charge is 0.258 e. The number of nitrogens with zero attached hydrogens (tertiary/aromatic N) is 1. The zero-order valence-corrected chi connectivity index (χ0v) is 17.4. The molecule has 0 atom stereocenters. The lowest BCUT2D eigenvalue weighted by Crippen LogP contribution is -2.35. The summed E-state index contributed by atoms with van der Waals surface area (Å²) >= 11 is 0. The molecule has 1 N–H and O–H groups in total. The summed E-state index contributed by atoms with van der Waals surface area (Å²) in [5.74, 6) is -0.116. The van der Waals surface area contributed by atoms with Crippen LogP contribution in [0.1, 0.15) is 50.8 Å². The maximum Gasteiger partial charge on any atom is 0.258 e. The van der Waals surface area contributed by atoms with E-state index >= 15 is 0 Å². The Kier molecular flexibility index (Phi) is 5.66. The summed E-state index contributed by atoms with van der Waals surface area (Å²) in [5.41, 5.74) is 6.28. The Morgan fingerprint density at radius 3 is 2.60 bits per heavy atom. The molecule has 1 aliphatic heterocycles. The normalized spacial score (nSPS) is 12.9. The van der Waals surface area contributed by atoms with Crippen LogP contribution in [0, 0.1) is 6.92 Å². The van der Waals surface area contributed by atoms with Crippen molar-refractivity contribution in [2.75, 3.05) is 16.8 Å². The third-order valence-electron chi connectivity index (χ3n) is 5.62. The van der Waals surface area contributed by atoms with Gasteiger partial charge in [-0.1, -0.05) is 42.8 Å². The van der Waals surface area contributed by atoms with Crippen molar-refractivity contribution >= 4 is 23.2 Å². The van der Waals surface area contributed by atoms with Crippen LogP contribution in [0.25, 0.3) is 0 Å². The molecule has 0 aromatic heterocycles. The van der Waals surface area contributed by atoms with Crippen molar-refractivity contribution in [3.8, 4) is 0 Å². The van der Waals surface area contributed by atoms with Gasteiger partial charge < -0.3 is 10.2 Å². The minimum absolute atomic E-state index is 0.00808. The molecular formula is C26H26N2O2. The highest BCUT2D eigenvalue weighted by atomic mass is 16.2. The predicted octanol–water partition coefficient (Wildman–Crippen LogP) is 5.40. The third-order valence-corrected chi connectivity index (χ3v) is 5.62. The molecule has 3 aromatic rings. The highest BCUT2D eigenvalue weighted by Gasteiger charge is 2.24. The highest BCUT2D eigenvalue weighted by Crippen LogP contribution is 2.30. The van der Waals surface area contributed by atoms with Crippen LogP contribution in [-0.2, 0) is 12.8 Å². The van der Waals surface area contributed by atoms with Crippen molar-refractivity contribution in [1.29, 1.82) is 0 Å². The molecule has 0 bridgehead atoms. The van der Waals surface area contributed by atoms with Crippen LogP contribution in [0.3, 0.4) is 0 Å². The second-order valence-corrected chi connectivity index (χ2v) is 7.74. The van der Waals surface area contributed by atoms with Crippen LogP contribution < -0.4 is 10.2 Å². The van der Waals surface area contributed by atoms with E-state index < -0.39 is 0 Å². The SMILES string of the molecule is CCc1ccccc1NC(=O)c1ccc2c(c1)CCCN2C(=O)c1cccc(C)c1. The molecule has 30 heavy (non-hydrogen) atoms. The van der Waals surface area contributed by atoms with Crippen LogP contribution >= 0.6 is 0 Å². The number of fused-ring (bicyclic) bond motifs is 1. The number of rotatable bonds is 4. The van der Waals surface area contributed by atoms with Crippen molar-refractivity contribution < 1.29 is 9.59 Å². The maximum absolute atomic E-state index is 13.1. The van der Waals surface area contributed by atoms with Gasteiger partial charge in [-0.3, -0.25) is 9.59 Å². The molecule has 152 valence electrons. The van der Waals surface area contributed by atoms with Crippen LogP contribution in [0.4, 0.5) is 11.4 Å². The number of benzene rings is 3. The number of aryl methyl sites for hydroxylation is 3. The van der Waals surface area contributed by atoms with E-state index in [-0.39, 0.29) is 11.8 Å². The average molecular weight is 399 g/mol. The Morgan fingerprint density at radius 1 is 0.967 bits per heavy atom. The molecule has 4 nitrogen and oxygen atoms in total. The molecule has 1 heterocycles. The summed E-state index contributed by atoms with van der Waals surface area (Å²) in [5, 5.41) is 3.03. The van der Waals surface area contributed by atoms with E-state index in [9.17, 15) is 9.59 Å². The van der Waals surface area contributed by atoms with Gasteiger partial charge in [0.1, 0.15) is 0 Å². The zero-order chi connectivity index (χ0) is 21.1. The average Bonchev–Trinajstić information content (AvgIpc) is 2.78. The molecule has 0 radical (unpaired) electrons. The van der Waals surface area contributed by atoms with Gasteiger partial charge in [0.15, 0.2) is 0 Å². The van der Waals surface area contributed by atoms with E-state index in [0.717, 1.165) is 47.3 Å². The Balaban J connectivity index is 1.59. The van der Waals surface area contributed by atoms with E-state index in [0.29, 0.717) is 17.7 Å². The lowest BCUT2D eigenvalue weighted by Gasteiger charge is -2.30. The molecule has 3 aromatic carbocycles. The Labute approximate surface area is 177 Å². The predicted molar refractivity (Wildman–Crippen MR) is 121 cm³/mol. The molecule has 0 saturated heterocycles. The summed E-state index contributed by atoms with van der Waals surface area (Å²) in [7, 11) is 0. The number of hydrogen-bond donors (Lipinski definition) is 1. The lowest BCUT2D eigenvalue weighted by atomic mass is 9.97. The molecule has 4 rings (SSSR count). The standard InChI is InChI=1S/C26H26N2O2/c1-3-19-9-4-5-12-23(19)27-25(29)21-13-14-24-20(17-21)11-7-15-28(24)26(30)22-10-6-8-18(2)16-22/h4-6,8-10,12-14,16-17H,3,7,11,15H2,1-2H3,(H,27,29). The van der Waals surface area contributed by atoms with Gasteiger partial charge in [-0.2, -0.15) is 0 Å². The van der Waals surface area contributed by atoms with Crippen molar-refractivity contribution in [3.63, 3.8) is 0 Å². The van der Waals surface area contributed by atoms with Gasteiger partial charge in [-0.05, 0) is 73.7 Å². The zero-order valence-electron chi connectivity index (χ0n) is 17.4. The van der Waals surface area contributed by atoms with E-state index in [1.807, 2.05) is 78.6 Å². The fraction of sp³-hybridized carbons (Fsp3) is 0.231. The number of amides is 2. The minimum atomic E-state index is -0.124. The van der Waals surface area contributed by atoms with Crippen LogP contribution in [-0.4, -0.2) is 18.4 Å². The third kappa shape index (κ3) is 3.99. The van der Waals surface area contributed by atoms with Gasteiger partial charge in [0.25, 0.3) is 11.8 Å². The second kappa shape index (κ2) is 8.54. The Hall–Kier alpha value is -3.40. The largest absolute Gasteiger partial charge is 0.322 e. The summed E-state index contributed by atoms with van der Waals surface area (Å²) in [6, 6.07) is 21.2. The minimum Gasteiger partial charge on any atom is -0.322 e. The number of nitrogens with one attached hydrogen (secondary N) is 1. The molecule has 0 spiro atoms. The first kappa shape index (κ1) is 19.9.